The summed E-state index contributed by atoms with van der Waals surface area (Å²) in [5.74, 6) is 1.81. The molecule has 0 aliphatic carbocycles. The van der Waals surface area contributed by atoms with E-state index in [2.05, 4.69) is 32.2 Å². The molecule has 3 heteroatoms. The van der Waals surface area contributed by atoms with Gasteiger partial charge >= 0.3 is 0 Å². The van der Waals surface area contributed by atoms with Gasteiger partial charge in [0, 0.05) is 17.7 Å². The fourth-order valence-electron chi connectivity index (χ4n) is 2.69. The summed E-state index contributed by atoms with van der Waals surface area (Å²) in [6.45, 7) is 7.76. The van der Waals surface area contributed by atoms with Gasteiger partial charge < -0.3 is 14.8 Å². The van der Waals surface area contributed by atoms with Crippen LogP contribution in [0, 0.1) is 5.41 Å². The molecule has 0 spiro atoms. The van der Waals surface area contributed by atoms with Gasteiger partial charge in [-0.3, -0.25) is 0 Å². The average Bonchev–Trinajstić information content (AvgIpc) is 2.35. The second kappa shape index (κ2) is 4.81. The van der Waals surface area contributed by atoms with Gasteiger partial charge in [-0.25, -0.2) is 0 Å². The van der Waals surface area contributed by atoms with Crippen molar-refractivity contribution in [1.29, 1.82) is 0 Å². The molecule has 0 saturated carbocycles. The van der Waals surface area contributed by atoms with Gasteiger partial charge in [0.15, 0.2) is 0 Å². The minimum Gasteiger partial charge on any atom is -0.497 e. The Morgan fingerprint density at radius 1 is 1.17 bits per heavy atom. The number of methoxy groups -OCH3 is 2. The Kier molecular flexibility index (Phi) is 3.53. The van der Waals surface area contributed by atoms with Crippen molar-refractivity contribution in [2.45, 2.75) is 33.2 Å². The van der Waals surface area contributed by atoms with E-state index in [1.54, 1.807) is 14.2 Å². The van der Waals surface area contributed by atoms with E-state index in [1.807, 2.05) is 6.07 Å². The van der Waals surface area contributed by atoms with Crippen molar-refractivity contribution in [2.75, 3.05) is 20.8 Å². The van der Waals surface area contributed by atoms with Crippen LogP contribution in [-0.4, -0.2) is 20.8 Å². The monoisotopic (exact) mass is 249 g/mol. The highest BCUT2D eigenvalue weighted by atomic mass is 16.5. The van der Waals surface area contributed by atoms with Crippen LogP contribution in [-0.2, 0) is 6.42 Å². The lowest BCUT2D eigenvalue weighted by molar-refractivity contribution is 0.260. The normalized spacial score (nSPS) is 19.3. The molecule has 3 nitrogen and oxygen atoms in total. The standard InChI is InChI=1S/C15H23NO2/c1-15(2,3)14-12-8-10(17-4)9-13(18-5)11(12)6-7-16-14/h8-9,14,16H,6-7H2,1-5H3. The first-order chi connectivity index (χ1) is 8.47. The lowest BCUT2D eigenvalue weighted by atomic mass is 9.78. The van der Waals surface area contributed by atoms with Crippen molar-refractivity contribution in [1.82, 2.24) is 5.32 Å². The van der Waals surface area contributed by atoms with Crippen LogP contribution in [0.5, 0.6) is 11.5 Å². The molecule has 1 atom stereocenters. The molecule has 0 saturated heterocycles. The Labute approximate surface area is 109 Å². The highest BCUT2D eigenvalue weighted by molar-refractivity contribution is 5.49. The Bertz CT molecular complexity index is 435. The predicted molar refractivity (Wildman–Crippen MR) is 73.4 cm³/mol. The maximum Gasteiger partial charge on any atom is 0.126 e. The van der Waals surface area contributed by atoms with Gasteiger partial charge in [-0.15, -0.1) is 0 Å². The number of hydrogen-bond donors (Lipinski definition) is 1. The second-order valence-corrected chi connectivity index (χ2v) is 5.90. The van der Waals surface area contributed by atoms with E-state index in [-0.39, 0.29) is 5.41 Å². The van der Waals surface area contributed by atoms with Gasteiger partial charge in [0.1, 0.15) is 11.5 Å². The zero-order valence-electron chi connectivity index (χ0n) is 12.0. The summed E-state index contributed by atoms with van der Waals surface area (Å²) in [5, 5.41) is 3.61. The van der Waals surface area contributed by atoms with Gasteiger partial charge in [0.2, 0.25) is 0 Å². The number of benzene rings is 1. The minimum absolute atomic E-state index is 0.173. The van der Waals surface area contributed by atoms with E-state index in [0.29, 0.717) is 6.04 Å². The van der Waals surface area contributed by atoms with E-state index in [0.717, 1.165) is 24.5 Å². The highest BCUT2D eigenvalue weighted by Crippen LogP contribution is 2.41. The first kappa shape index (κ1) is 13.2. The summed E-state index contributed by atoms with van der Waals surface area (Å²) >= 11 is 0. The molecule has 1 aromatic carbocycles. The second-order valence-electron chi connectivity index (χ2n) is 5.90. The van der Waals surface area contributed by atoms with Crippen molar-refractivity contribution >= 4 is 0 Å². The van der Waals surface area contributed by atoms with Crippen molar-refractivity contribution in [3.63, 3.8) is 0 Å². The van der Waals surface area contributed by atoms with Gasteiger partial charge in [0.05, 0.1) is 14.2 Å². The molecule has 0 bridgehead atoms. The Balaban J connectivity index is 2.55. The molecular formula is C15H23NO2. The lowest BCUT2D eigenvalue weighted by Gasteiger charge is -2.37. The van der Waals surface area contributed by atoms with Crippen LogP contribution >= 0.6 is 0 Å². The molecule has 18 heavy (non-hydrogen) atoms. The van der Waals surface area contributed by atoms with E-state index < -0.39 is 0 Å². The molecule has 1 heterocycles. The molecule has 2 rings (SSSR count). The van der Waals surface area contributed by atoms with Crippen molar-refractivity contribution in [3.8, 4) is 11.5 Å². The average molecular weight is 249 g/mol. The Hall–Kier alpha value is -1.22. The number of ether oxygens (including phenoxy) is 2. The number of rotatable bonds is 2. The van der Waals surface area contributed by atoms with Crippen LogP contribution in [0.2, 0.25) is 0 Å². The smallest absolute Gasteiger partial charge is 0.126 e. The fourth-order valence-corrected chi connectivity index (χ4v) is 2.69. The molecule has 1 aliphatic rings. The van der Waals surface area contributed by atoms with Crippen LogP contribution in [0.4, 0.5) is 0 Å². The van der Waals surface area contributed by atoms with Crippen molar-refractivity contribution < 1.29 is 9.47 Å². The zero-order chi connectivity index (χ0) is 13.3. The summed E-state index contributed by atoms with van der Waals surface area (Å²) < 4.78 is 10.9. The topological polar surface area (TPSA) is 30.5 Å². The third-order valence-electron chi connectivity index (χ3n) is 3.57. The molecule has 1 aromatic rings. The first-order valence-electron chi connectivity index (χ1n) is 6.45. The molecule has 1 aliphatic heterocycles. The molecule has 1 N–H and O–H groups in total. The van der Waals surface area contributed by atoms with Crippen LogP contribution in [0.3, 0.4) is 0 Å². The van der Waals surface area contributed by atoms with E-state index in [1.165, 1.54) is 11.1 Å². The largest absolute Gasteiger partial charge is 0.497 e. The summed E-state index contributed by atoms with van der Waals surface area (Å²) in [4.78, 5) is 0. The van der Waals surface area contributed by atoms with Crippen LogP contribution in [0.25, 0.3) is 0 Å². The lowest BCUT2D eigenvalue weighted by Crippen LogP contribution is -2.38. The van der Waals surface area contributed by atoms with Crippen LogP contribution < -0.4 is 14.8 Å². The highest BCUT2D eigenvalue weighted by Gasteiger charge is 2.32. The fraction of sp³-hybridized carbons (Fsp3) is 0.600. The maximum atomic E-state index is 5.51. The van der Waals surface area contributed by atoms with E-state index in [4.69, 9.17) is 9.47 Å². The minimum atomic E-state index is 0.173. The quantitative estimate of drug-likeness (QED) is 0.874. The van der Waals surface area contributed by atoms with Crippen LogP contribution in [0.15, 0.2) is 12.1 Å². The van der Waals surface area contributed by atoms with E-state index >= 15 is 0 Å². The van der Waals surface area contributed by atoms with Crippen molar-refractivity contribution in [3.05, 3.63) is 23.3 Å². The summed E-state index contributed by atoms with van der Waals surface area (Å²) in [6, 6.07) is 4.45. The SMILES string of the molecule is COc1cc(OC)c2c(c1)C(C(C)(C)C)NCC2. The predicted octanol–water partition coefficient (Wildman–Crippen LogP) is 2.94. The third kappa shape index (κ3) is 2.32. The number of hydrogen-bond acceptors (Lipinski definition) is 3. The Morgan fingerprint density at radius 2 is 1.89 bits per heavy atom. The molecule has 0 aromatic heterocycles. The number of nitrogens with one attached hydrogen (secondary N) is 1. The number of fused-ring (bicyclic) bond motifs is 1. The van der Waals surface area contributed by atoms with Gasteiger partial charge in [-0.05, 0) is 30.0 Å². The molecule has 0 fully saturated rings. The van der Waals surface area contributed by atoms with Crippen LogP contribution in [0.1, 0.15) is 37.9 Å². The zero-order valence-corrected chi connectivity index (χ0v) is 12.0. The molecule has 0 amide bonds. The van der Waals surface area contributed by atoms with Gasteiger partial charge in [0.25, 0.3) is 0 Å². The molecular weight excluding hydrogens is 226 g/mol. The summed E-state index contributed by atoms with van der Waals surface area (Å²) in [5.41, 5.74) is 2.80. The van der Waals surface area contributed by atoms with Gasteiger partial charge in [-0.2, -0.15) is 0 Å². The Morgan fingerprint density at radius 3 is 2.44 bits per heavy atom. The third-order valence-corrected chi connectivity index (χ3v) is 3.57. The maximum absolute atomic E-state index is 5.51. The van der Waals surface area contributed by atoms with E-state index in [9.17, 15) is 0 Å². The van der Waals surface area contributed by atoms with Gasteiger partial charge in [-0.1, -0.05) is 20.8 Å². The summed E-state index contributed by atoms with van der Waals surface area (Å²) in [6.07, 6.45) is 1.01. The molecule has 100 valence electrons. The molecule has 1 unspecified atom stereocenters. The van der Waals surface area contributed by atoms with Crippen molar-refractivity contribution in [2.24, 2.45) is 5.41 Å². The summed E-state index contributed by atoms with van der Waals surface area (Å²) in [7, 11) is 3.42. The molecule has 0 radical (unpaired) electrons. The first-order valence-corrected chi connectivity index (χ1v) is 6.45.